The van der Waals surface area contributed by atoms with E-state index < -0.39 is 28.7 Å². The number of benzene rings is 2. The second kappa shape index (κ2) is 17.9. The van der Waals surface area contributed by atoms with Crippen LogP contribution in [0.2, 0.25) is 0 Å². The Balaban J connectivity index is 1.45. The van der Waals surface area contributed by atoms with Gasteiger partial charge in [-0.25, -0.2) is 4.79 Å². The molecule has 0 bridgehead atoms. The van der Waals surface area contributed by atoms with Crippen LogP contribution in [0.3, 0.4) is 0 Å². The fourth-order valence-corrected chi connectivity index (χ4v) is 6.03. The Morgan fingerprint density at radius 2 is 1.61 bits per heavy atom. The minimum Gasteiger partial charge on any atom is -0.504 e. The molecule has 0 saturated carbocycles. The zero-order valence-corrected chi connectivity index (χ0v) is 27.4. The molecule has 11 nitrogen and oxygen atoms in total. The van der Waals surface area contributed by atoms with E-state index in [4.69, 9.17) is 9.47 Å². The van der Waals surface area contributed by atoms with Crippen molar-refractivity contribution in [2.24, 2.45) is 10.9 Å². The van der Waals surface area contributed by atoms with Gasteiger partial charge in [-0.1, -0.05) is 63.6 Å². The number of non-ortho nitro benzene ring substituents is 1. The third-order valence-corrected chi connectivity index (χ3v) is 8.33. The molecule has 0 amide bonds. The van der Waals surface area contributed by atoms with Crippen LogP contribution in [0.5, 0.6) is 11.5 Å². The molecular weight excluding hydrogens is 590 g/mol. The van der Waals surface area contributed by atoms with Gasteiger partial charge in [-0.3, -0.25) is 19.9 Å². The number of nitro groups is 1. The highest BCUT2D eigenvalue weighted by molar-refractivity contribution is 6.07. The van der Waals surface area contributed by atoms with E-state index in [0.29, 0.717) is 29.1 Å². The van der Waals surface area contributed by atoms with E-state index in [1.54, 1.807) is 26.0 Å². The zero-order valence-electron chi connectivity index (χ0n) is 27.4. The van der Waals surface area contributed by atoms with Crippen molar-refractivity contribution in [1.29, 1.82) is 0 Å². The standard InChI is InChI=1S/C35H47N3O8/c1-5-20-37(28-18-15-19-29(39)33(28)40)21-12-10-8-6-7-9-11-13-22-46-35(42)31-25(3)36-24(2)30(34(41)45-4)32(31)26-16-14-17-27(23-26)38(43)44/h14-19,23,30,32,39-40H,5-13,20-22H2,1-4H3. The van der Waals surface area contributed by atoms with Crippen LogP contribution in [0.15, 0.2) is 58.7 Å². The summed E-state index contributed by atoms with van der Waals surface area (Å²) in [6, 6.07) is 11.0. The number of ether oxygens (including phenoxy) is 2. The van der Waals surface area contributed by atoms with Crippen LogP contribution in [0, 0.1) is 16.0 Å². The van der Waals surface area contributed by atoms with Crippen molar-refractivity contribution in [3.8, 4) is 11.5 Å². The first kappa shape index (κ1) is 36.1. The molecular formula is C35H47N3O8. The fraction of sp³-hybridized carbons (Fsp3) is 0.514. The molecule has 2 atom stereocenters. The summed E-state index contributed by atoms with van der Waals surface area (Å²) in [5, 5.41) is 31.5. The van der Waals surface area contributed by atoms with Crippen LogP contribution in [-0.2, 0) is 19.1 Å². The zero-order chi connectivity index (χ0) is 33.6. The monoisotopic (exact) mass is 637 g/mol. The van der Waals surface area contributed by atoms with Crippen LogP contribution < -0.4 is 4.90 Å². The van der Waals surface area contributed by atoms with Crippen molar-refractivity contribution in [1.82, 2.24) is 0 Å². The van der Waals surface area contributed by atoms with E-state index in [0.717, 1.165) is 64.5 Å². The maximum atomic E-state index is 13.4. The predicted octanol–water partition coefficient (Wildman–Crippen LogP) is 7.21. The van der Waals surface area contributed by atoms with E-state index in [2.05, 4.69) is 16.8 Å². The van der Waals surface area contributed by atoms with Gasteiger partial charge in [-0.15, -0.1) is 0 Å². The Labute approximate surface area is 271 Å². The molecule has 0 saturated heterocycles. The number of phenolic OH excluding ortho intramolecular Hbond substituents is 2. The van der Waals surface area contributed by atoms with Crippen molar-refractivity contribution in [2.75, 3.05) is 31.7 Å². The summed E-state index contributed by atoms with van der Waals surface area (Å²) in [6.07, 6.45) is 8.93. The average Bonchev–Trinajstić information content (AvgIpc) is 3.03. The lowest BCUT2D eigenvalue weighted by atomic mass is 9.75. The number of anilines is 1. The number of methoxy groups -OCH3 is 1. The number of nitro benzene ring substituents is 1. The number of aromatic hydroxyl groups is 2. The third kappa shape index (κ3) is 9.55. The summed E-state index contributed by atoms with van der Waals surface area (Å²) in [5.41, 5.74) is 2.06. The van der Waals surface area contributed by atoms with Gasteiger partial charge in [-0.05, 0) is 50.8 Å². The highest BCUT2D eigenvalue weighted by Gasteiger charge is 2.42. The largest absolute Gasteiger partial charge is 0.504 e. The molecule has 1 aliphatic rings. The lowest BCUT2D eigenvalue weighted by Gasteiger charge is -2.31. The van der Waals surface area contributed by atoms with E-state index in [-0.39, 0.29) is 29.4 Å². The Hall–Kier alpha value is -4.41. The van der Waals surface area contributed by atoms with E-state index in [9.17, 15) is 29.9 Å². The number of rotatable bonds is 18. The molecule has 0 spiro atoms. The number of hydrogen-bond acceptors (Lipinski definition) is 10. The van der Waals surface area contributed by atoms with Crippen molar-refractivity contribution in [2.45, 2.75) is 84.5 Å². The van der Waals surface area contributed by atoms with Crippen LogP contribution in [0.4, 0.5) is 11.4 Å². The molecule has 0 aromatic heterocycles. The van der Waals surface area contributed by atoms with Gasteiger partial charge in [-0.2, -0.15) is 0 Å². The number of carbonyl (C=O) groups is 2. The molecule has 2 unspecified atom stereocenters. The second-order valence-corrected chi connectivity index (χ2v) is 11.7. The Morgan fingerprint density at radius 3 is 2.26 bits per heavy atom. The first-order chi connectivity index (χ1) is 22.1. The average molecular weight is 638 g/mol. The molecule has 46 heavy (non-hydrogen) atoms. The van der Waals surface area contributed by atoms with Gasteiger partial charge >= 0.3 is 11.9 Å². The normalized spacial score (nSPS) is 16.1. The smallest absolute Gasteiger partial charge is 0.336 e. The minimum absolute atomic E-state index is 0.0662. The molecule has 1 aliphatic heterocycles. The molecule has 1 heterocycles. The third-order valence-electron chi connectivity index (χ3n) is 8.33. The molecule has 2 N–H and O–H groups in total. The lowest BCUT2D eigenvalue weighted by molar-refractivity contribution is -0.384. The maximum Gasteiger partial charge on any atom is 0.336 e. The molecule has 2 aromatic carbocycles. The topological polar surface area (TPSA) is 152 Å². The van der Waals surface area contributed by atoms with Gasteiger partial charge in [0.1, 0.15) is 5.92 Å². The SMILES string of the molecule is CCCN(CCCCCCCCCCOC(=O)C1=C(C)N=C(C)C(C(=O)OC)C1c1cccc([N+](=O)[O-])c1)c1cccc(O)c1O. The Kier molecular flexibility index (Phi) is 14.0. The highest BCUT2D eigenvalue weighted by atomic mass is 16.6. The number of hydrogen-bond donors (Lipinski definition) is 2. The van der Waals surface area contributed by atoms with Crippen LogP contribution in [0.25, 0.3) is 0 Å². The molecule has 2 aromatic rings. The Bertz CT molecular complexity index is 1420. The van der Waals surface area contributed by atoms with Gasteiger partial charge in [0.25, 0.3) is 5.69 Å². The van der Waals surface area contributed by atoms with Gasteiger partial charge < -0.3 is 24.6 Å². The lowest BCUT2D eigenvalue weighted by Crippen LogP contribution is -2.36. The summed E-state index contributed by atoms with van der Waals surface area (Å²) in [6.45, 7) is 7.30. The van der Waals surface area contributed by atoms with Crippen LogP contribution >= 0.6 is 0 Å². The minimum atomic E-state index is -0.910. The number of phenols is 2. The Morgan fingerprint density at radius 1 is 0.957 bits per heavy atom. The van der Waals surface area contributed by atoms with Crippen molar-refractivity contribution in [3.63, 3.8) is 0 Å². The first-order valence-electron chi connectivity index (χ1n) is 16.1. The number of esters is 2. The summed E-state index contributed by atoms with van der Waals surface area (Å²) in [7, 11) is 1.26. The summed E-state index contributed by atoms with van der Waals surface area (Å²) >= 11 is 0. The van der Waals surface area contributed by atoms with Crippen molar-refractivity contribution < 1.29 is 34.2 Å². The maximum absolute atomic E-state index is 13.4. The second-order valence-electron chi connectivity index (χ2n) is 11.7. The highest BCUT2D eigenvalue weighted by Crippen LogP contribution is 2.41. The van der Waals surface area contributed by atoms with Crippen LogP contribution in [-0.4, -0.2) is 59.6 Å². The number of unbranched alkanes of at least 4 members (excludes halogenated alkanes) is 7. The molecule has 11 heteroatoms. The van der Waals surface area contributed by atoms with Crippen molar-refractivity contribution >= 4 is 29.0 Å². The van der Waals surface area contributed by atoms with Gasteiger partial charge in [0.2, 0.25) is 0 Å². The number of aliphatic imine (C=N–C) groups is 1. The van der Waals surface area contributed by atoms with Gasteiger partial charge in [0, 0.05) is 42.5 Å². The quantitative estimate of drug-likeness (QED) is 0.0568. The van der Waals surface area contributed by atoms with Crippen LogP contribution in [0.1, 0.15) is 90.0 Å². The van der Waals surface area contributed by atoms with Gasteiger partial charge in [0.05, 0.1) is 29.9 Å². The number of nitrogens with zero attached hydrogens (tertiary/aromatic N) is 3. The number of allylic oxidation sites excluding steroid dienone is 1. The molecule has 3 rings (SSSR count). The van der Waals surface area contributed by atoms with Gasteiger partial charge in [0.15, 0.2) is 11.5 Å². The number of para-hydroxylation sites is 1. The first-order valence-corrected chi connectivity index (χ1v) is 16.1. The predicted molar refractivity (Wildman–Crippen MR) is 177 cm³/mol. The summed E-state index contributed by atoms with van der Waals surface area (Å²) in [4.78, 5) is 43.7. The summed E-state index contributed by atoms with van der Waals surface area (Å²) in [5.74, 6) is -3.07. The van der Waals surface area contributed by atoms with E-state index in [1.807, 2.05) is 6.07 Å². The molecule has 0 radical (unpaired) electrons. The van der Waals surface area contributed by atoms with Crippen molar-refractivity contribution in [3.05, 3.63) is 69.4 Å². The van der Waals surface area contributed by atoms with E-state index in [1.165, 1.54) is 31.4 Å². The molecule has 250 valence electrons. The molecule has 0 aliphatic carbocycles. The number of carbonyl (C=O) groups excluding carboxylic acids is 2. The fourth-order valence-electron chi connectivity index (χ4n) is 6.03. The molecule has 0 fully saturated rings. The van der Waals surface area contributed by atoms with E-state index >= 15 is 0 Å². The summed E-state index contributed by atoms with van der Waals surface area (Å²) < 4.78 is 10.7.